The van der Waals surface area contributed by atoms with Gasteiger partial charge in [0.1, 0.15) is 11.2 Å². The summed E-state index contributed by atoms with van der Waals surface area (Å²) in [6, 6.07) is 0.168. The lowest BCUT2D eigenvalue weighted by atomic mass is 9.80. The van der Waals surface area contributed by atoms with Gasteiger partial charge in [0.05, 0.1) is 26.2 Å². The zero-order chi connectivity index (χ0) is 16.8. The molecule has 4 N–H and O–H groups in total. The van der Waals surface area contributed by atoms with E-state index >= 15 is 0 Å². The molecule has 0 aromatic rings. The van der Waals surface area contributed by atoms with Gasteiger partial charge in [-0.15, -0.1) is 0 Å². The van der Waals surface area contributed by atoms with E-state index in [9.17, 15) is 15.0 Å². The maximum atomic E-state index is 12.5. The smallest absolute Gasteiger partial charge is 0.320 e. The van der Waals surface area contributed by atoms with Crippen LogP contribution in [0.15, 0.2) is 0 Å². The number of β-amino-alcohol motifs (C(OH)–C–C–N with tert-alkyl or cyclic N) is 2. The van der Waals surface area contributed by atoms with Gasteiger partial charge in [0.15, 0.2) is 0 Å². The van der Waals surface area contributed by atoms with Crippen LogP contribution in [0.5, 0.6) is 0 Å². The molecule has 4 heterocycles. The molecule has 4 rings (SSSR count). The quantitative estimate of drug-likeness (QED) is 0.544. The van der Waals surface area contributed by atoms with Crippen LogP contribution in [-0.2, 0) is 0 Å². The van der Waals surface area contributed by atoms with Gasteiger partial charge in [0, 0.05) is 12.1 Å². The van der Waals surface area contributed by atoms with Crippen molar-refractivity contribution in [3.8, 4) is 0 Å². The van der Waals surface area contributed by atoms with Gasteiger partial charge in [0.2, 0.25) is 0 Å². The Kier molecular flexibility index (Phi) is 4.23. The Morgan fingerprint density at radius 2 is 1.21 bits per heavy atom. The van der Waals surface area contributed by atoms with Gasteiger partial charge in [-0.2, -0.15) is 0 Å². The van der Waals surface area contributed by atoms with Crippen LogP contribution in [0.3, 0.4) is 0 Å². The Hall–Kier alpha value is -0.890. The maximum Gasteiger partial charge on any atom is 0.320 e. The first-order chi connectivity index (χ1) is 11.5. The summed E-state index contributed by atoms with van der Waals surface area (Å²) in [6.07, 6.45) is 6.57. The third-order valence-electron chi connectivity index (χ3n) is 6.32. The molecular weight excluding hydrogens is 308 g/mol. The highest BCUT2D eigenvalue weighted by Gasteiger charge is 2.54. The summed E-state index contributed by atoms with van der Waals surface area (Å²) in [4.78, 5) is 16.0. The van der Waals surface area contributed by atoms with E-state index < -0.39 is 11.2 Å². The number of hydrogen-bond acceptors (Lipinski definition) is 5. The van der Waals surface area contributed by atoms with E-state index in [2.05, 4.69) is 10.6 Å². The SMILES string of the molecule is O=C(N1CC(O)([C@@H]2CCCCN2)C1)N1CC(O)([C@@H]2CCCCN2)C1. The van der Waals surface area contributed by atoms with E-state index in [0.29, 0.717) is 26.2 Å². The van der Waals surface area contributed by atoms with Crippen molar-refractivity contribution in [3.63, 3.8) is 0 Å². The zero-order valence-corrected chi connectivity index (χ0v) is 14.3. The first-order valence-electron chi connectivity index (χ1n) is 9.46. The molecule has 2 amide bonds. The van der Waals surface area contributed by atoms with Crippen LogP contribution in [0, 0.1) is 0 Å². The van der Waals surface area contributed by atoms with E-state index in [1.54, 1.807) is 9.80 Å². The highest BCUT2D eigenvalue weighted by molar-refractivity contribution is 5.77. The van der Waals surface area contributed by atoms with E-state index in [0.717, 1.165) is 51.6 Å². The molecule has 7 nitrogen and oxygen atoms in total. The van der Waals surface area contributed by atoms with Crippen molar-refractivity contribution in [1.29, 1.82) is 0 Å². The standard InChI is InChI=1S/C17H30N4O3/c22-15(20-9-16(23,10-20)13-5-1-3-7-18-13)21-11-17(24,12-21)14-6-2-4-8-19-14/h13-14,18-19,23-24H,1-12H2/t13-,14-/m0/s1. The molecule has 4 fully saturated rings. The molecule has 4 saturated heterocycles. The monoisotopic (exact) mass is 338 g/mol. The number of likely N-dealkylation sites (tertiary alicyclic amines) is 2. The van der Waals surface area contributed by atoms with Crippen molar-refractivity contribution >= 4 is 6.03 Å². The van der Waals surface area contributed by atoms with Crippen LogP contribution in [0.2, 0.25) is 0 Å². The van der Waals surface area contributed by atoms with Crippen LogP contribution in [0.4, 0.5) is 4.79 Å². The minimum atomic E-state index is -0.776. The fourth-order valence-electron chi connectivity index (χ4n) is 4.76. The largest absolute Gasteiger partial charge is 0.385 e. The number of carbonyl (C=O) groups is 1. The highest BCUT2D eigenvalue weighted by atomic mass is 16.3. The molecular formula is C17H30N4O3. The van der Waals surface area contributed by atoms with Gasteiger partial charge in [-0.3, -0.25) is 0 Å². The summed E-state index contributed by atoms with van der Waals surface area (Å²) < 4.78 is 0. The van der Waals surface area contributed by atoms with Crippen molar-refractivity contribution in [1.82, 2.24) is 20.4 Å². The minimum Gasteiger partial charge on any atom is -0.385 e. The first-order valence-corrected chi connectivity index (χ1v) is 9.46. The molecule has 0 aromatic carbocycles. The highest BCUT2D eigenvalue weighted by Crippen LogP contribution is 2.34. The Morgan fingerprint density at radius 3 is 1.54 bits per heavy atom. The van der Waals surface area contributed by atoms with Crippen molar-refractivity contribution in [2.24, 2.45) is 0 Å². The molecule has 0 saturated carbocycles. The third-order valence-corrected chi connectivity index (χ3v) is 6.32. The Balaban J connectivity index is 1.26. The maximum absolute atomic E-state index is 12.5. The summed E-state index contributed by atoms with van der Waals surface area (Å²) in [6.45, 7) is 3.52. The Morgan fingerprint density at radius 1 is 0.792 bits per heavy atom. The molecule has 4 aliphatic heterocycles. The lowest BCUT2D eigenvalue weighted by Crippen LogP contribution is -2.77. The van der Waals surface area contributed by atoms with Crippen LogP contribution in [-0.4, -0.2) is 88.6 Å². The van der Waals surface area contributed by atoms with Crippen LogP contribution >= 0.6 is 0 Å². The predicted molar refractivity (Wildman–Crippen MR) is 89.7 cm³/mol. The number of nitrogens with zero attached hydrogens (tertiary/aromatic N) is 2. The lowest BCUT2D eigenvalue weighted by Gasteiger charge is -2.56. The van der Waals surface area contributed by atoms with Gasteiger partial charge in [-0.05, 0) is 38.8 Å². The average molecular weight is 338 g/mol. The number of amides is 2. The average Bonchev–Trinajstić information content (AvgIpc) is 2.57. The molecule has 0 spiro atoms. The van der Waals surface area contributed by atoms with Crippen molar-refractivity contribution in [2.75, 3.05) is 39.3 Å². The lowest BCUT2D eigenvalue weighted by molar-refractivity contribution is -0.135. The van der Waals surface area contributed by atoms with E-state index in [-0.39, 0.29) is 18.1 Å². The van der Waals surface area contributed by atoms with Crippen molar-refractivity contribution < 1.29 is 15.0 Å². The Labute approximate surface area is 143 Å². The molecule has 0 aromatic heterocycles. The molecule has 2 atom stereocenters. The molecule has 0 radical (unpaired) electrons. The number of urea groups is 1. The summed E-state index contributed by atoms with van der Waals surface area (Å²) in [5, 5.41) is 28.2. The number of rotatable bonds is 2. The minimum absolute atomic E-state index is 0.0454. The number of nitrogens with one attached hydrogen (secondary N) is 2. The van der Waals surface area contributed by atoms with Gasteiger partial charge in [-0.25, -0.2) is 4.79 Å². The summed E-state index contributed by atoms with van der Waals surface area (Å²) in [5.41, 5.74) is -1.55. The van der Waals surface area contributed by atoms with Crippen LogP contribution in [0.25, 0.3) is 0 Å². The fourth-order valence-corrected chi connectivity index (χ4v) is 4.76. The van der Waals surface area contributed by atoms with Crippen LogP contribution in [0.1, 0.15) is 38.5 Å². The Bertz CT molecular complexity index is 434. The molecule has 136 valence electrons. The predicted octanol–water partition coefficient (Wildman–Crippen LogP) is -0.516. The van der Waals surface area contributed by atoms with Gasteiger partial charge < -0.3 is 30.6 Å². The zero-order valence-electron chi connectivity index (χ0n) is 14.3. The molecule has 0 unspecified atom stereocenters. The summed E-state index contributed by atoms with van der Waals surface area (Å²) in [7, 11) is 0. The number of carbonyl (C=O) groups excluding carboxylic acids is 1. The van der Waals surface area contributed by atoms with Gasteiger partial charge in [0.25, 0.3) is 0 Å². The molecule has 7 heteroatoms. The van der Waals surface area contributed by atoms with Crippen LogP contribution < -0.4 is 10.6 Å². The normalized spacial score (nSPS) is 35.1. The number of piperidine rings is 2. The fraction of sp³-hybridized carbons (Fsp3) is 0.941. The molecule has 4 aliphatic rings. The van der Waals surface area contributed by atoms with Crippen molar-refractivity contribution in [3.05, 3.63) is 0 Å². The molecule has 0 aliphatic carbocycles. The second-order valence-electron chi connectivity index (χ2n) is 8.21. The topological polar surface area (TPSA) is 88.1 Å². The molecule has 24 heavy (non-hydrogen) atoms. The number of aliphatic hydroxyl groups is 2. The summed E-state index contributed by atoms with van der Waals surface area (Å²) >= 11 is 0. The third kappa shape index (κ3) is 2.81. The molecule has 0 bridgehead atoms. The first kappa shape index (κ1) is 16.6. The van der Waals surface area contributed by atoms with Gasteiger partial charge in [-0.1, -0.05) is 12.8 Å². The van der Waals surface area contributed by atoms with Gasteiger partial charge >= 0.3 is 6.03 Å². The van der Waals surface area contributed by atoms with E-state index in [4.69, 9.17) is 0 Å². The van der Waals surface area contributed by atoms with E-state index in [1.165, 1.54) is 0 Å². The second kappa shape index (κ2) is 6.12. The van der Waals surface area contributed by atoms with Crippen molar-refractivity contribution in [2.45, 2.75) is 61.8 Å². The summed E-state index contributed by atoms with van der Waals surface area (Å²) in [5.74, 6) is 0. The number of hydrogen-bond donors (Lipinski definition) is 4. The second-order valence-corrected chi connectivity index (χ2v) is 8.21. The van der Waals surface area contributed by atoms with E-state index in [1.807, 2.05) is 0 Å².